The first-order valence-corrected chi connectivity index (χ1v) is 9.82. The van der Waals surface area contributed by atoms with E-state index in [4.69, 9.17) is 4.74 Å². The molecule has 0 bridgehead atoms. The van der Waals surface area contributed by atoms with Crippen LogP contribution in [0.1, 0.15) is 24.5 Å². The first kappa shape index (κ1) is 21.6. The third kappa shape index (κ3) is 8.24. The van der Waals surface area contributed by atoms with E-state index in [0.717, 1.165) is 63.9 Å². The van der Waals surface area contributed by atoms with Crippen LogP contribution in [-0.2, 0) is 17.8 Å². The van der Waals surface area contributed by atoms with Crippen LogP contribution in [0.3, 0.4) is 0 Å². The molecule has 7 heteroatoms. The van der Waals surface area contributed by atoms with Gasteiger partial charge in [-0.25, -0.2) is 9.38 Å². The van der Waals surface area contributed by atoms with Gasteiger partial charge in [0.15, 0.2) is 5.96 Å². The second-order valence-corrected chi connectivity index (χ2v) is 7.09. The van der Waals surface area contributed by atoms with Gasteiger partial charge in [0.05, 0.1) is 19.8 Å². The van der Waals surface area contributed by atoms with E-state index in [9.17, 15) is 4.39 Å². The summed E-state index contributed by atoms with van der Waals surface area (Å²) in [7, 11) is 3.88. The largest absolute Gasteiger partial charge is 0.379 e. The van der Waals surface area contributed by atoms with Crippen molar-refractivity contribution in [3.63, 3.8) is 0 Å². The average molecular weight is 380 g/mol. The van der Waals surface area contributed by atoms with Gasteiger partial charge in [-0.1, -0.05) is 6.07 Å². The molecule has 0 radical (unpaired) electrons. The van der Waals surface area contributed by atoms with Gasteiger partial charge in [-0.3, -0.25) is 4.90 Å². The zero-order chi connectivity index (χ0) is 19.5. The quantitative estimate of drug-likeness (QED) is 0.388. The summed E-state index contributed by atoms with van der Waals surface area (Å²) >= 11 is 0. The smallest absolute Gasteiger partial charge is 0.191 e. The van der Waals surface area contributed by atoms with Gasteiger partial charge in [-0.2, -0.15) is 0 Å². The number of halogens is 1. The van der Waals surface area contributed by atoms with Crippen LogP contribution < -0.4 is 10.6 Å². The SMILES string of the molecule is CCNC(=NCc1ccc(F)c(CN(C)C)c1)NCCCN1CCOCC1. The second kappa shape index (κ2) is 11.9. The molecule has 0 unspecified atom stereocenters. The van der Waals surface area contributed by atoms with Crippen LogP contribution in [0.25, 0.3) is 0 Å². The lowest BCUT2D eigenvalue weighted by molar-refractivity contribution is 0.0376. The van der Waals surface area contributed by atoms with Gasteiger partial charge in [0.25, 0.3) is 0 Å². The van der Waals surface area contributed by atoms with Crippen molar-refractivity contribution >= 4 is 5.96 Å². The van der Waals surface area contributed by atoms with Crippen molar-refractivity contribution in [2.24, 2.45) is 4.99 Å². The molecule has 1 aromatic rings. The summed E-state index contributed by atoms with van der Waals surface area (Å²) in [5.74, 6) is 0.641. The zero-order valence-electron chi connectivity index (χ0n) is 16.9. The van der Waals surface area contributed by atoms with Crippen LogP contribution in [0.2, 0.25) is 0 Å². The molecule has 1 heterocycles. The highest BCUT2D eigenvalue weighted by molar-refractivity contribution is 5.79. The molecule has 0 aromatic heterocycles. The normalized spacial score (nSPS) is 16.0. The third-order valence-corrected chi connectivity index (χ3v) is 4.41. The maximum atomic E-state index is 13.9. The highest BCUT2D eigenvalue weighted by Crippen LogP contribution is 2.13. The molecule has 6 nitrogen and oxygen atoms in total. The van der Waals surface area contributed by atoms with E-state index in [2.05, 4.69) is 27.4 Å². The minimum atomic E-state index is -0.162. The Morgan fingerprint density at radius 2 is 2.04 bits per heavy atom. The van der Waals surface area contributed by atoms with Crippen LogP contribution in [0.5, 0.6) is 0 Å². The molecular weight excluding hydrogens is 345 g/mol. The van der Waals surface area contributed by atoms with Gasteiger partial charge in [-0.15, -0.1) is 0 Å². The third-order valence-electron chi connectivity index (χ3n) is 4.41. The molecule has 1 aliphatic heterocycles. The van der Waals surface area contributed by atoms with E-state index in [1.54, 1.807) is 6.07 Å². The highest BCUT2D eigenvalue weighted by atomic mass is 19.1. The highest BCUT2D eigenvalue weighted by Gasteiger charge is 2.09. The predicted molar refractivity (Wildman–Crippen MR) is 108 cm³/mol. The molecule has 0 atom stereocenters. The standard InChI is InChI=1S/C20H34FN5O/c1-4-22-20(23-8-5-9-26-10-12-27-13-11-26)24-15-17-6-7-19(21)18(14-17)16-25(2)3/h6-7,14H,4-5,8-13,15-16H2,1-3H3,(H2,22,23,24). The number of nitrogens with one attached hydrogen (secondary N) is 2. The number of rotatable bonds is 9. The zero-order valence-corrected chi connectivity index (χ0v) is 16.9. The maximum Gasteiger partial charge on any atom is 0.191 e. The molecule has 1 saturated heterocycles. The Kier molecular flexibility index (Phi) is 9.52. The lowest BCUT2D eigenvalue weighted by Gasteiger charge is -2.26. The lowest BCUT2D eigenvalue weighted by Crippen LogP contribution is -2.40. The molecule has 152 valence electrons. The Bertz CT molecular complexity index is 588. The molecule has 0 saturated carbocycles. The van der Waals surface area contributed by atoms with E-state index in [1.165, 1.54) is 6.07 Å². The summed E-state index contributed by atoms with van der Waals surface area (Å²) < 4.78 is 19.3. The van der Waals surface area contributed by atoms with Gasteiger partial charge >= 0.3 is 0 Å². The first-order valence-electron chi connectivity index (χ1n) is 9.82. The minimum absolute atomic E-state index is 0.162. The molecule has 1 aliphatic rings. The molecule has 0 spiro atoms. The van der Waals surface area contributed by atoms with Crippen LogP contribution >= 0.6 is 0 Å². The van der Waals surface area contributed by atoms with Crippen LogP contribution in [-0.4, -0.2) is 75.8 Å². The Morgan fingerprint density at radius 3 is 2.74 bits per heavy atom. The molecular formula is C20H34FN5O. The number of morpholine rings is 1. The number of hydrogen-bond acceptors (Lipinski definition) is 4. The van der Waals surface area contributed by atoms with E-state index in [1.807, 2.05) is 25.1 Å². The molecule has 2 N–H and O–H groups in total. The summed E-state index contributed by atoms with van der Waals surface area (Å²) in [5.41, 5.74) is 1.72. The van der Waals surface area contributed by atoms with Crippen molar-refractivity contribution in [2.45, 2.75) is 26.4 Å². The van der Waals surface area contributed by atoms with Crippen LogP contribution in [0, 0.1) is 5.82 Å². The summed E-state index contributed by atoms with van der Waals surface area (Å²) in [6, 6.07) is 5.24. The molecule has 0 amide bonds. The van der Waals surface area contributed by atoms with Crippen LogP contribution in [0.15, 0.2) is 23.2 Å². The fraction of sp³-hybridized carbons (Fsp3) is 0.650. The van der Waals surface area contributed by atoms with E-state index in [0.29, 0.717) is 18.7 Å². The number of guanidine groups is 1. The monoisotopic (exact) mass is 379 g/mol. The summed E-state index contributed by atoms with van der Waals surface area (Å²) in [6.07, 6.45) is 1.06. The number of aliphatic imine (C=N–C) groups is 1. The van der Waals surface area contributed by atoms with Crippen LogP contribution in [0.4, 0.5) is 4.39 Å². The fourth-order valence-electron chi connectivity index (χ4n) is 3.03. The van der Waals surface area contributed by atoms with Crippen molar-refractivity contribution in [1.29, 1.82) is 0 Å². The van der Waals surface area contributed by atoms with E-state index in [-0.39, 0.29) is 5.82 Å². The van der Waals surface area contributed by atoms with E-state index < -0.39 is 0 Å². The molecule has 2 rings (SSSR count). The number of nitrogens with zero attached hydrogens (tertiary/aromatic N) is 3. The molecule has 0 aliphatic carbocycles. The number of hydrogen-bond donors (Lipinski definition) is 2. The Labute approximate surface area is 162 Å². The Morgan fingerprint density at radius 1 is 1.26 bits per heavy atom. The lowest BCUT2D eigenvalue weighted by atomic mass is 10.1. The first-order chi connectivity index (χ1) is 13.1. The summed E-state index contributed by atoms with van der Waals surface area (Å²) in [6.45, 7) is 9.64. The predicted octanol–water partition coefficient (Wildman–Crippen LogP) is 1.66. The Balaban J connectivity index is 1.83. The molecule has 27 heavy (non-hydrogen) atoms. The van der Waals surface area contributed by atoms with Gasteiger partial charge in [0.2, 0.25) is 0 Å². The topological polar surface area (TPSA) is 52.1 Å². The van der Waals surface area contributed by atoms with E-state index >= 15 is 0 Å². The van der Waals surface area contributed by atoms with Gasteiger partial charge < -0.3 is 20.3 Å². The van der Waals surface area contributed by atoms with Crippen molar-refractivity contribution in [2.75, 3.05) is 60.0 Å². The number of benzene rings is 1. The average Bonchev–Trinajstić information content (AvgIpc) is 2.66. The summed E-state index contributed by atoms with van der Waals surface area (Å²) in [4.78, 5) is 9.04. The summed E-state index contributed by atoms with van der Waals surface area (Å²) in [5, 5.41) is 6.66. The fourth-order valence-corrected chi connectivity index (χ4v) is 3.03. The second-order valence-electron chi connectivity index (χ2n) is 7.09. The van der Waals surface area contributed by atoms with Gasteiger partial charge in [0.1, 0.15) is 5.82 Å². The maximum absolute atomic E-state index is 13.9. The number of ether oxygens (including phenoxy) is 1. The molecule has 1 aromatic carbocycles. The van der Waals surface area contributed by atoms with Crippen molar-refractivity contribution in [3.8, 4) is 0 Å². The van der Waals surface area contributed by atoms with Gasteiger partial charge in [-0.05, 0) is 51.7 Å². The molecule has 1 fully saturated rings. The Hall–Kier alpha value is -1.70. The van der Waals surface area contributed by atoms with Crippen molar-refractivity contribution in [1.82, 2.24) is 20.4 Å². The van der Waals surface area contributed by atoms with Gasteiger partial charge in [0, 0.05) is 38.3 Å². The van der Waals surface area contributed by atoms with Crippen molar-refractivity contribution < 1.29 is 9.13 Å². The minimum Gasteiger partial charge on any atom is -0.379 e. The van der Waals surface area contributed by atoms with Crippen molar-refractivity contribution in [3.05, 3.63) is 35.1 Å².